The molecule has 0 spiro atoms. The van der Waals surface area contributed by atoms with E-state index >= 15 is 0 Å². The quantitative estimate of drug-likeness (QED) is 0.799. The third kappa shape index (κ3) is 4.81. The van der Waals surface area contributed by atoms with Crippen LogP contribution in [-0.2, 0) is 11.3 Å². The zero-order valence-electron chi connectivity index (χ0n) is 13.5. The van der Waals surface area contributed by atoms with Crippen molar-refractivity contribution in [3.8, 4) is 0 Å². The number of aromatic nitrogens is 2. The highest BCUT2D eigenvalue weighted by atomic mass is 35.5. The first-order chi connectivity index (χ1) is 10.2. The number of likely N-dealkylation sites (N-methyl/N-ethyl adjacent to an activating group) is 1. The predicted molar refractivity (Wildman–Crippen MR) is 84.7 cm³/mol. The van der Waals surface area contributed by atoms with E-state index in [4.69, 9.17) is 16.3 Å². The number of hydrogen-bond donors (Lipinski definition) is 0. The van der Waals surface area contributed by atoms with Crippen LogP contribution in [0.5, 0.6) is 0 Å². The summed E-state index contributed by atoms with van der Waals surface area (Å²) < 4.78 is 5.41. The lowest BCUT2D eigenvalue weighted by molar-refractivity contribution is 0.0282. The normalized spacial score (nSPS) is 18.8. The lowest BCUT2D eigenvalue weighted by Crippen LogP contribution is -2.38. The number of halogens is 1. The van der Waals surface area contributed by atoms with Gasteiger partial charge in [-0.2, -0.15) is 0 Å². The Balaban J connectivity index is 1.88. The second-order valence-corrected chi connectivity index (χ2v) is 6.94. The molecule has 2 heterocycles. The molecule has 1 amide bonds. The zero-order valence-corrected chi connectivity index (χ0v) is 14.3. The number of rotatable bonds is 3. The number of carbonyl (C=O) groups excluding carboxylic acids is 1. The minimum absolute atomic E-state index is 0.242. The SMILES string of the molecule is CN(Cc1ccnc(Cl)n1)[C@H]1CCN(C(=O)OC(C)(C)C)C1. The summed E-state index contributed by atoms with van der Waals surface area (Å²) in [6.07, 6.45) is 2.34. The molecule has 0 saturated carbocycles. The first-order valence-electron chi connectivity index (χ1n) is 7.40. The molecule has 2 rings (SSSR count). The molecule has 7 heteroatoms. The molecule has 1 fully saturated rings. The van der Waals surface area contributed by atoms with E-state index in [1.165, 1.54) is 0 Å². The summed E-state index contributed by atoms with van der Waals surface area (Å²) >= 11 is 5.80. The predicted octanol–water partition coefficient (Wildman–Crippen LogP) is 2.57. The molecule has 1 atom stereocenters. The largest absolute Gasteiger partial charge is 0.444 e. The maximum atomic E-state index is 12.1. The third-order valence-corrected chi connectivity index (χ3v) is 3.72. The van der Waals surface area contributed by atoms with Gasteiger partial charge in [-0.25, -0.2) is 14.8 Å². The third-order valence-electron chi connectivity index (χ3n) is 3.53. The van der Waals surface area contributed by atoms with Crippen LogP contribution in [-0.4, -0.2) is 57.6 Å². The molecule has 22 heavy (non-hydrogen) atoms. The van der Waals surface area contributed by atoms with E-state index in [2.05, 4.69) is 14.9 Å². The Morgan fingerprint density at radius 3 is 2.91 bits per heavy atom. The summed E-state index contributed by atoms with van der Waals surface area (Å²) in [5, 5.41) is 0.257. The first kappa shape index (κ1) is 17.0. The maximum Gasteiger partial charge on any atom is 0.410 e. The Morgan fingerprint density at radius 2 is 2.27 bits per heavy atom. The Kier molecular flexibility index (Phi) is 5.24. The van der Waals surface area contributed by atoms with Crippen LogP contribution in [0.4, 0.5) is 4.79 Å². The van der Waals surface area contributed by atoms with Crippen molar-refractivity contribution in [3.05, 3.63) is 23.2 Å². The van der Waals surface area contributed by atoms with Crippen molar-refractivity contribution in [1.82, 2.24) is 19.8 Å². The average molecular weight is 327 g/mol. The topological polar surface area (TPSA) is 58.6 Å². The average Bonchev–Trinajstić information content (AvgIpc) is 2.86. The summed E-state index contributed by atoms with van der Waals surface area (Å²) in [5.74, 6) is 0. The molecule has 0 unspecified atom stereocenters. The molecule has 1 saturated heterocycles. The number of hydrogen-bond acceptors (Lipinski definition) is 5. The molecule has 6 nitrogen and oxygen atoms in total. The first-order valence-corrected chi connectivity index (χ1v) is 7.78. The van der Waals surface area contributed by atoms with E-state index in [-0.39, 0.29) is 11.4 Å². The van der Waals surface area contributed by atoms with Crippen LogP contribution < -0.4 is 0 Å². The fourth-order valence-electron chi connectivity index (χ4n) is 2.44. The van der Waals surface area contributed by atoms with Crippen molar-refractivity contribution in [2.24, 2.45) is 0 Å². The molecule has 0 radical (unpaired) electrons. The van der Waals surface area contributed by atoms with Gasteiger partial charge in [-0.05, 0) is 51.9 Å². The smallest absolute Gasteiger partial charge is 0.410 e. The number of nitrogens with zero attached hydrogens (tertiary/aromatic N) is 4. The van der Waals surface area contributed by atoms with Crippen LogP contribution in [0.3, 0.4) is 0 Å². The highest BCUT2D eigenvalue weighted by molar-refractivity contribution is 6.28. The van der Waals surface area contributed by atoms with Crippen LogP contribution in [0.25, 0.3) is 0 Å². The lowest BCUT2D eigenvalue weighted by Gasteiger charge is -2.26. The van der Waals surface area contributed by atoms with Gasteiger partial charge >= 0.3 is 6.09 Å². The fraction of sp³-hybridized carbons (Fsp3) is 0.667. The summed E-state index contributed by atoms with van der Waals surface area (Å²) in [6, 6.07) is 2.14. The van der Waals surface area contributed by atoms with Crippen molar-refractivity contribution < 1.29 is 9.53 Å². The van der Waals surface area contributed by atoms with Crippen LogP contribution in [0.15, 0.2) is 12.3 Å². The molecule has 0 N–H and O–H groups in total. The van der Waals surface area contributed by atoms with Crippen molar-refractivity contribution >= 4 is 17.7 Å². The van der Waals surface area contributed by atoms with Gasteiger partial charge in [-0.3, -0.25) is 4.90 Å². The van der Waals surface area contributed by atoms with Gasteiger partial charge in [-0.15, -0.1) is 0 Å². The van der Waals surface area contributed by atoms with Gasteiger partial charge in [0.25, 0.3) is 0 Å². The molecule has 1 aliphatic heterocycles. The van der Waals surface area contributed by atoms with Gasteiger partial charge in [0.1, 0.15) is 5.60 Å². The fourth-order valence-corrected chi connectivity index (χ4v) is 2.60. The molecule has 1 aliphatic rings. The van der Waals surface area contributed by atoms with Crippen molar-refractivity contribution in [1.29, 1.82) is 0 Å². The number of likely N-dealkylation sites (tertiary alicyclic amines) is 1. The standard InChI is InChI=1S/C15H23ClN4O2/c1-15(2,3)22-14(21)20-8-6-12(10-20)19(4)9-11-5-7-17-13(16)18-11/h5,7,12H,6,8-10H2,1-4H3/t12-/m0/s1. The van der Waals surface area contributed by atoms with Crippen molar-refractivity contribution in [3.63, 3.8) is 0 Å². The highest BCUT2D eigenvalue weighted by Crippen LogP contribution is 2.19. The Hall–Kier alpha value is -1.40. The van der Waals surface area contributed by atoms with Crippen molar-refractivity contribution in [2.45, 2.75) is 45.4 Å². The lowest BCUT2D eigenvalue weighted by atomic mass is 10.2. The van der Waals surface area contributed by atoms with Gasteiger partial charge in [-0.1, -0.05) is 0 Å². The number of carbonyl (C=O) groups is 1. The van der Waals surface area contributed by atoms with E-state index in [0.717, 1.165) is 12.1 Å². The summed E-state index contributed by atoms with van der Waals surface area (Å²) in [5.41, 5.74) is 0.414. The molecule has 122 valence electrons. The molecular weight excluding hydrogens is 304 g/mol. The minimum Gasteiger partial charge on any atom is -0.444 e. The summed E-state index contributed by atoms with van der Waals surface area (Å²) in [4.78, 5) is 24.1. The number of amides is 1. The Bertz CT molecular complexity index is 533. The van der Waals surface area contributed by atoms with Crippen LogP contribution in [0.1, 0.15) is 32.9 Å². The highest BCUT2D eigenvalue weighted by Gasteiger charge is 2.31. The van der Waals surface area contributed by atoms with Crippen LogP contribution in [0.2, 0.25) is 5.28 Å². The van der Waals surface area contributed by atoms with E-state index in [0.29, 0.717) is 25.7 Å². The minimum atomic E-state index is -0.460. The molecular formula is C15H23ClN4O2. The van der Waals surface area contributed by atoms with E-state index in [9.17, 15) is 4.79 Å². The van der Waals surface area contributed by atoms with Gasteiger partial charge in [0.2, 0.25) is 5.28 Å². The van der Waals surface area contributed by atoms with Crippen LogP contribution in [0, 0.1) is 0 Å². The Labute approximate surface area is 136 Å². The second-order valence-electron chi connectivity index (χ2n) is 6.60. The van der Waals surface area contributed by atoms with Gasteiger partial charge < -0.3 is 9.64 Å². The van der Waals surface area contributed by atoms with E-state index < -0.39 is 5.60 Å². The zero-order chi connectivity index (χ0) is 16.3. The molecule has 1 aromatic rings. The monoisotopic (exact) mass is 326 g/mol. The van der Waals surface area contributed by atoms with Gasteiger partial charge in [0.15, 0.2) is 0 Å². The Morgan fingerprint density at radius 1 is 1.55 bits per heavy atom. The maximum absolute atomic E-state index is 12.1. The summed E-state index contributed by atoms with van der Waals surface area (Å²) in [7, 11) is 2.03. The second kappa shape index (κ2) is 6.79. The molecule has 0 aromatic carbocycles. The molecule has 1 aromatic heterocycles. The van der Waals surface area contributed by atoms with Crippen molar-refractivity contribution in [2.75, 3.05) is 20.1 Å². The molecule has 0 aliphatic carbocycles. The summed E-state index contributed by atoms with van der Waals surface area (Å²) in [6.45, 7) is 7.70. The molecule has 0 bridgehead atoms. The van der Waals surface area contributed by atoms with E-state index in [1.54, 1.807) is 11.1 Å². The number of ether oxygens (including phenoxy) is 1. The van der Waals surface area contributed by atoms with Gasteiger partial charge in [0.05, 0.1) is 5.69 Å². The van der Waals surface area contributed by atoms with Crippen LogP contribution >= 0.6 is 11.6 Å². The van der Waals surface area contributed by atoms with Gasteiger partial charge in [0, 0.05) is 31.9 Å². The van der Waals surface area contributed by atoms with E-state index in [1.807, 2.05) is 33.9 Å².